The fraction of sp³-hybridized carbons (Fsp3) is 0.111. The largest absolute Gasteiger partial charge is 0.508 e. The van der Waals surface area contributed by atoms with Gasteiger partial charge in [-0.25, -0.2) is 0 Å². The summed E-state index contributed by atoms with van der Waals surface area (Å²) in [5.74, 6) is 0.00443. The van der Waals surface area contributed by atoms with E-state index in [1.54, 1.807) is 42.5 Å². The summed E-state index contributed by atoms with van der Waals surface area (Å²) in [6.07, 6.45) is 0.646. The number of hydrogen-bond acceptors (Lipinski definition) is 7. The highest BCUT2D eigenvalue weighted by molar-refractivity contribution is 5.73. The van der Waals surface area contributed by atoms with E-state index in [1.165, 1.54) is 12.1 Å². The zero-order valence-corrected chi connectivity index (χ0v) is 23.1. The topological polar surface area (TPSA) is 131 Å². The molecule has 5 aromatic carbocycles. The number of ether oxygens (including phenoxy) is 1. The van der Waals surface area contributed by atoms with E-state index in [9.17, 15) is 30.6 Å². The van der Waals surface area contributed by atoms with Crippen molar-refractivity contribution in [2.24, 2.45) is 0 Å². The highest BCUT2D eigenvalue weighted by Gasteiger charge is 2.33. The molecule has 7 heteroatoms. The van der Waals surface area contributed by atoms with Gasteiger partial charge in [0, 0.05) is 36.0 Å². The zero-order chi connectivity index (χ0) is 30.1. The Bertz CT molecular complexity index is 1840. The van der Waals surface area contributed by atoms with Crippen molar-refractivity contribution < 1.29 is 35.4 Å². The summed E-state index contributed by atoms with van der Waals surface area (Å²) in [6.45, 7) is 0. The molecule has 43 heavy (non-hydrogen) atoms. The van der Waals surface area contributed by atoms with Crippen LogP contribution >= 0.6 is 0 Å². The molecule has 1 atom stereocenters. The lowest BCUT2D eigenvalue weighted by atomic mass is 9.88. The van der Waals surface area contributed by atoms with Gasteiger partial charge in [0.05, 0.1) is 5.56 Å². The van der Waals surface area contributed by atoms with Gasteiger partial charge in [-0.1, -0.05) is 78.9 Å². The number of rotatable bonds is 7. The number of aromatic hydroxyl groups is 5. The molecule has 0 aromatic heterocycles. The van der Waals surface area contributed by atoms with Gasteiger partial charge in [0.25, 0.3) is 0 Å². The van der Waals surface area contributed by atoms with Crippen molar-refractivity contribution in [3.63, 3.8) is 0 Å². The Morgan fingerprint density at radius 3 is 1.79 bits per heavy atom. The Labute approximate surface area is 248 Å². The summed E-state index contributed by atoms with van der Waals surface area (Å²) in [5, 5.41) is 65.8. The molecule has 0 unspecified atom stereocenters. The molecule has 0 saturated carbocycles. The normalized spacial score (nSPS) is 14.1. The summed E-state index contributed by atoms with van der Waals surface area (Å²) >= 11 is 0. The first kappa shape index (κ1) is 27.8. The van der Waals surface area contributed by atoms with Gasteiger partial charge in [-0.05, 0) is 46.5 Å². The average molecular weight is 575 g/mol. The lowest BCUT2D eigenvalue weighted by Crippen LogP contribution is -2.13. The molecule has 1 heterocycles. The lowest BCUT2D eigenvalue weighted by molar-refractivity contribution is 0.210. The minimum atomic E-state index is -1.25. The van der Waals surface area contributed by atoms with Crippen LogP contribution in [0.25, 0.3) is 5.76 Å². The predicted octanol–water partition coefficient (Wildman–Crippen LogP) is 6.45. The number of phenolic OH excluding ortho intramolecular Hbond substituents is 5. The second kappa shape index (κ2) is 11.5. The summed E-state index contributed by atoms with van der Waals surface area (Å²) in [6, 6.07) is 28.0. The van der Waals surface area contributed by atoms with E-state index in [0.29, 0.717) is 28.9 Å². The smallest absolute Gasteiger partial charge is 0.144 e. The van der Waals surface area contributed by atoms with Crippen LogP contribution in [0, 0.1) is 0 Å². The molecule has 1 aliphatic heterocycles. The molecule has 0 amide bonds. The van der Waals surface area contributed by atoms with Crippen molar-refractivity contribution in [1.82, 2.24) is 0 Å². The van der Waals surface area contributed by atoms with Crippen LogP contribution in [0.1, 0.15) is 50.6 Å². The lowest BCUT2D eigenvalue weighted by Gasteiger charge is -2.28. The maximum absolute atomic E-state index is 11.6. The maximum atomic E-state index is 11.6. The fourth-order valence-electron chi connectivity index (χ4n) is 5.48. The van der Waals surface area contributed by atoms with Crippen molar-refractivity contribution in [2.75, 3.05) is 0 Å². The van der Waals surface area contributed by atoms with E-state index in [4.69, 9.17) is 4.74 Å². The van der Waals surface area contributed by atoms with Gasteiger partial charge in [0.15, 0.2) is 0 Å². The van der Waals surface area contributed by atoms with Crippen LogP contribution < -0.4 is 4.74 Å². The van der Waals surface area contributed by atoms with Crippen molar-refractivity contribution >= 4 is 5.76 Å². The molecule has 7 nitrogen and oxygen atoms in total. The first-order chi connectivity index (χ1) is 20.8. The Morgan fingerprint density at radius 1 is 0.558 bits per heavy atom. The molecule has 0 fully saturated rings. The molecule has 0 saturated heterocycles. The Kier molecular flexibility index (Phi) is 7.40. The number of para-hydroxylation sites is 2. The standard InChI is InChI=1S/C36H30O7/c37-28-12-6-4-10-23(28)16-21-14-15-25(30(39)17-21)19-27-34(41)26(18-24-11-5-7-13-29(24)38)35(42)33-31(40)20-32(43-36(27)33)22-8-2-1-3-9-22/h1-15,17,20,31,37-42H,16,18-19H2/t31-/m1/s1. The molecular weight excluding hydrogens is 544 g/mol. The zero-order valence-electron chi connectivity index (χ0n) is 23.1. The molecule has 0 aliphatic carbocycles. The number of phenols is 5. The van der Waals surface area contributed by atoms with E-state index in [2.05, 4.69) is 0 Å². The van der Waals surface area contributed by atoms with Gasteiger partial charge in [0.1, 0.15) is 46.4 Å². The number of fused-ring (bicyclic) bond motifs is 1. The molecule has 5 aromatic rings. The van der Waals surface area contributed by atoms with Crippen LogP contribution in [-0.2, 0) is 19.3 Å². The third-order valence-corrected chi connectivity index (χ3v) is 7.77. The van der Waals surface area contributed by atoms with Gasteiger partial charge in [0.2, 0.25) is 0 Å². The summed E-state index contributed by atoms with van der Waals surface area (Å²) in [5.41, 5.74) is 3.62. The van der Waals surface area contributed by atoms with Crippen LogP contribution in [0.5, 0.6) is 34.5 Å². The van der Waals surface area contributed by atoms with E-state index < -0.39 is 6.10 Å². The fourth-order valence-corrected chi connectivity index (χ4v) is 5.48. The van der Waals surface area contributed by atoms with Crippen LogP contribution in [0.15, 0.2) is 103 Å². The van der Waals surface area contributed by atoms with Gasteiger partial charge < -0.3 is 35.4 Å². The molecule has 0 bridgehead atoms. The van der Waals surface area contributed by atoms with Crippen LogP contribution in [-0.4, -0.2) is 30.6 Å². The Hall–Kier alpha value is -5.40. The molecule has 6 N–H and O–H groups in total. The Morgan fingerprint density at radius 2 is 1.14 bits per heavy atom. The molecule has 0 spiro atoms. The second-order valence-corrected chi connectivity index (χ2v) is 10.6. The predicted molar refractivity (Wildman–Crippen MR) is 163 cm³/mol. The van der Waals surface area contributed by atoms with E-state index >= 15 is 0 Å². The maximum Gasteiger partial charge on any atom is 0.144 e. The number of aliphatic hydroxyl groups excluding tert-OH is 1. The monoisotopic (exact) mass is 574 g/mol. The summed E-state index contributed by atoms with van der Waals surface area (Å²) < 4.78 is 6.26. The molecule has 216 valence electrons. The Balaban J connectivity index is 1.43. The molecule has 6 rings (SSSR count). The molecule has 1 aliphatic rings. The van der Waals surface area contributed by atoms with E-state index in [1.807, 2.05) is 48.5 Å². The van der Waals surface area contributed by atoms with Gasteiger partial charge in [-0.3, -0.25) is 0 Å². The first-order valence-electron chi connectivity index (χ1n) is 13.9. The van der Waals surface area contributed by atoms with Crippen molar-refractivity contribution in [2.45, 2.75) is 25.4 Å². The number of hydrogen-bond donors (Lipinski definition) is 6. The van der Waals surface area contributed by atoms with Crippen LogP contribution in [0.2, 0.25) is 0 Å². The van der Waals surface area contributed by atoms with E-state index in [-0.39, 0.29) is 64.0 Å². The van der Waals surface area contributed by atoms with Gasteiger partial charge >= 0.3 is 0 Å². The summed E-state index contributed by atoms with van der Waals surface area (Å²) in [7, 11) is 0. The van der Waals surface area contributed by atoms with Crippen molar-refractivity contribution in [1.29, 1.82) is 0 Å². The minimum Gasteiger partial charge on any atom is -0.508 e. The second-order valence-electron chi connectivity index (χ2n) is 10.6. The van der Waals surface area contributed by atoms with Crippen molar-refractivity contribution in [3.05, 3.63) is 148 Å². The van der Waals surface area contributed by atoms with Crippen molar-refractivity contribution in [3.8, 4) is 34.5 Å². The van der Waals surface area contributed by atoms with Crippen LogP contribution in [0.4, 0.5) is 0 Å². The van der Waals surface area contributed by atoms with Crippen LogP contribution in [0.3, 0.4) is 0 Å². The molecular formula is C36H30O7. The quantitative estimate of drug-likeness (QED) is 0.132. The van der Waals surface area contributed by atoms with Gasteiger partial charge in [-0.2, -0.15) is 0 Å². The SMILES string of the molecule is Oc1ccccc1Cc1ccc(Cc2c(O)c(Cc3ccccc3O)c(O)c3c2OC(c2ccccc2)=C[C@H]3O)c(O)c1. The highest BCUT2D eigenvalue weighted by Crippen LogP contribution is 2.51. The number of benzene rings is 5. The number of aliphatic hydroxyl groups is 1. The third-order valence-electron chi connectivity index (χ3n) is 7.77. The average Bonchev–Trinajstić information content (AvgIpc) is 3.00. The first-order valence-corrected chi connectivity index (χ1v) is 13.9. The molecule has 0 radical (unpaired) electrons. The van der Waals surface area contributed by atoms with Gasteiger partial charge in [-0.15, -0.1) is 0 Å². The third kappa shape index (κ3) is 5.46. The minimum absolute atomic E-state index is 0.00122. The highest BCUT2D eigenvalue weighted by atomic mass is 16.5. The summed E-state index contributed by atoms with van der Waals surface area (Å²) in [4.78, 5) is 0. The van der Waals surface area contributed by atoms with E-state index in [0.717, 1.165) is 11.1 Å².